The van der Waals surface area contributed by atoms with Crippen molar-refractivity contribution in [2.45, 2.75) is 25.8 Å². The molecule has 2 N–H and O–H groups in total. The van der Waals surface area contributed by atoms with Crippen LogP contribution in [0.2, 0.25) is 0 Å². The lowest BCUT2D eigenvalue weighted by Gasteiger charge is -2.31. The first-order valence-corrected chi connectivity index (χ1v) is 4.72. The summed E-state index contributed by atoms with van der Waals surface area (Å²) in [6.07, 6.45) is -2.59. The molecule has 0 saturated carbocycles. The number of aliphatic hydroxyl groups is 1. The molecule has 4 nitrogen and oxygen atoms in total. The number of nitrogens with one attached hydrogen (secondary N) is 1. The lowest BCUT2D eigenvalue weighted by atomic mass is 10.0. The molecule has 90 valence electrons. The Morgan fingerprint density at radius 1 is 1.53 bits per heavy atom. The van der Waals surface area contributed by atoms with E-state index in [2.05, 4.69) is 5.32 Å². The highest BCUT2D eigenvalue weighted by molar-refractivity contribution is 5.85. The molecule has 0 aliphatic carbocycles. The maximum absolute atomic E-state index is 12.2. The summed E-state index contributed by atoms with van der Waals surface area (Å²) in [7, 11) is 1.58. The fourth-order valence-corrected chi connectivity index (χ4v) is 1.07. The first-order chi connectivity index (χ1) is 6.85. The number of alkyl halides is 2. The first kappa shape index (κ1) is 14.2. The number of hydrogen-bond donors (Lipinski definition) is 2. The minimum atomic E-state index is -2.59. The predicted octanol–water partition coefficient (Wildman–Crippen LogP) is 0.0704. The molecule has 0 rings (SSSR count). The van der Waals surface area contributed by atoms with Crippen molar-refractivity contribution >= 4 is 5.91 Å². The van der Waals surface area contributed by atoms with Gasteiger partial charge in [0.25, 0.3) is 6.43 Å². The van der Waals surface area contributed by atoms with Crippen LogP contribution in [0.5, 0.6) is 0 Å². The lowest BCUT2D eigenvalue weighted by Crippen LogP contribution is -2.54. The van der Waals surface area contributed by atoms with E-state index >= 15 is 0 Å². The summed E-state index contributed by atoms with van der Waals surface area (Å²) in [6.45, 7) is 2.16. The van der Waals surface area contributed by atoms with Crippen molar-refractivity contribution in [3.05, 3.63) is 0 Å². The van der Waals surface area contributed by atoms with Crippen LogP contribution in [0, 0.1) is 0 Å². The van der Waals surface area contributed by atoms with Gasteiger partial charge in [0, 0.05) is 6.54 Å². The summed E-state index contributed by atoms with van der Waals surface area (Å²) >= 11 is 0. The summed E-state index contributed by atoms with van der Waals surface area (Å²) in [5, 5.41) is 11.4. The molecular formula is C9H18F2N2O2. The highest BCUT2D eigenvalue weighted by Gasteiger charge is 2.31. The zero-order chi connectivity index (χ0) is 12.1. The summed E-state index contributed by atoms with van der Waals surface area (Å²) in [5.74, 6) is -0.445. The monoisotopic (exact) mass is 224 g/mol. The minimum Gasteiger partial charge on any atom is -0.395 e. The van der Waals surface area contributed by atoms with Crippen LogP contribution in [-0.2, 0) is 4.79 Å². The van der Waals surface area contributed by atoms with E-state index in [0.29, 0.717) is 0 Å². The van der Waals surface area contributed by atoms with Gasteiger partial charge < -0.3 is 15.3 Å². The van der Waals surface area contributed by atoms with Gasteiger partial charge in [0.2, 0.25) is 5.91 Å². The quantitative estimate of drug-likeness (QED) is 0.671. The molecule has 0 unspecified atom stereocenters. The number of rotatable bonds is 6. The number of carbonyl (C=O) groups is 1. The smallest absolute Gasteiger partial charge is 0.255 e. The van der Waals surface area contributed by atoms with Crippen LogP contribution < -0.4 is 5.32 Å². The van der Waals surface area contributed by atoms with Crippen LogP contribution in [-0.4, -0.2) is 54.6 Å². The molecule has 15 heavy (non-hydrogen) atoms. The second kappa shape index (κ2) is 5.97. The molecule has 0 aliphatic heterocycles. The van der Waals surface area contributed by atoms with Crippen molar-refractivity contribution in [2.75, 3.05) is 26.7 Å². The molecule has 1 amide bonds. The standard InChI is InChI=1S/C9H18F2N2O2/c1-9(2,12-3)8(15)13(4-5-14)6-7(10)11/h7,12,14H,4-6H2,1-3H3. The first-order valence-electron chi connectivity index (χ1n) is 4.72. The molecule has 0 spiro atoms. The Balaban J connectivity index is 4.54. The molecule has 0 aromatic carbocycles. The average Bonchev–Trinajstić information content (AvgIpc) is 2.15. The molecule has 6 heteroatoms. The second-order valence-corrected chi connectivity index (χ2v) is 3.74. The van der Waals surface area contributed by atoms with Crippen LogP contribution in [0.3, 0.4) is 0 Å². The second-order valence-electron chi connectivity index (χ2n) is 3.74. The van der Waals surface area contributed by atoms with Gasteiger partial charge in [-0.1, -0.05) is 0 Å². The molecular weight excluding hydrogens is 206 g/mol. The number of halogens is 2. The third-order valence-corrected chi connectivity index (χ3v) is 2.18. The number of hydrogen-bond acceptors (Lipinski definition) is 3. The number of nitrogens with zero attached hydrogens (tertiary/aromatic N) is 1. The van der Waals surface area contributed by atoms with Gasteiger partial charge in [0.1, 0.15) is 0 Å². The SMILES string of the molecule is CNC(C)(C)C(=O)N(CCO)CC(F)F. The predicted molar refractivity (Wildman–Crippen MR) is 52.8 cm³/mol. The maximum Gasteiger partial charge on any atom is 0.255 e. The Morgan fingerprint density at radius 2 is 2.07 bits per heavy atom. The van der Waals surface area contributed by atoms with E-state index in [0.717, 1.165) is 4.90 Å². The topological polar surface area (TPSA) is 52.6 Å². The zero-order valence-corrected chi connectivity index (χ0v) is 9.26. The molecule has 0 bridgehead atoms. The van der Waals surface area contributed by atoms with Gasteiger partial charge in [-0.2, -0.15) is 0 Å². The van der Waals surface area contributed by atoms with E-state index in [4.69, 9.17) is 5.11 Å². The van der Waals surface area contributed by atoms with Crippen molar-refractivity contribution in [1.29, 1.82) is 0 Å². The molecule has 0 radical (unpaired) electrons. The molecule has 0 fully saturated rings. The molecule has 0 aliphatic rings. The molecule has 0 heterocycles. The number of carbonyl (C=O) groups excluding carboxylic acids is 1. The van der Waals surface area contributed by atoms with Gasteiger partial charge in [-0.3, -0.25) is 4.79 Å². The van der Waals surface area contributed by atoms with Crippen molar-refractivity contribution in [1.82, 2.24) is 10.2 Å². The fraction of sp³-hybridized carbons (Fsp3) is 0.889. The van der Waals surface area contributed by atoms with Gasteiger partial charge >= 0.3 is 0 Å². The Hall–Kier alpha value is -0.750. The molecule has 0 aromatic heterocycles. The Labute approximate surface area is 88.3 Å². The Bertz CT molecular complexity index is 210. The van der Waals surface area contributed by atoms with Crippen LogP contribution in [0.4, 0.5) is 8.78 Å². The van der Waals surface area contributed by atoms with Gasteiger partial charge in [0.15, 0.2) is 0 Å². The van der Waals surface area contributed by atoms with Gasteiger partial charge in [-0.15, -0.1) is 0 Å². The van der Waals surface area contributed by atoms with E-state index in [1.54, 1.807) is 20.9 Å². The van der Waals surface area contributed by atoms with E-state index in [-0.39, 0.29) is 13.2 Å². The van der Waals surface area contributed by atoms with Gasteiger partial charge in [-0.05, 0) is 20.9 Å². The van der Waals surface area contributed by atoms with E-state index in [1.807, 2.05) is 0 Å². The van der Waals surface area contributed by atoms with Crippen LogP contribution in [0.1, 0.15) is 13.8 Å². The van der Waals surface area contributed by atoms with Crippen molar-refractivity contribution in [2.24, 2.45) is 0 Å². The average molecular weight is 224 g/mol. The van der Waals surface area contributed by atoms with E-state index < -0.39 is 24.4 Å². The molecule has 0 saturated heterocycles. The zero-order valence-electron chi connectivity index (χ0n) is 9.26. The van der Waals surface area contributed by atoms with Gasteiger partial charge in [0.05, 0.1) is 18.7 Å². The Morgan fingerprint density at radius 3 is 2.40 bits per heavy atom. The minimum absolute atomic E-state index is 0.0751. The third kappa shape index (κ3) is 4.53. The van der Waals surface area contributed by atoms with E-state index in [1.165, 1.54) is 0 Å². The largest absolute Gasteiger partial charge is 0.395 e. The van der Waals surface area contributed by atoms with Crippen LogP contribution >= 0.6 is 0 Å². The number of aliphatic hydroxyl groups excluding tert-OH is 1. The lowest BCUT2D eigenvalue weighted by molar-refractivity contribution is -0.139. The summed E-state index contributed by atoms with van der Waals surface area (Å²) < 4.78 is 24.3. The number of likely N-dealkylation sites (N-methyl/N-ethyl adjacent to an activating group) is 1. The summed E-state index contributed by atoms with van der Waals surface area (Å²) in [4.78, 5) is 12.7. The highest BCUT2D eigenvalue weighted by atomic mass is 19.3. The third-order valence-electron chi connectivity index (χ3n) is 2.18. The summed E-state index contributed by atoms with van der Waals surface area (Å²) in [5.41, 5.74) is -0.899. The Kier molecular flexibility index (Phi) is 5.67. The normalized spacial score (nSPS) is 11.9. The maximum atomic E-state index is 12.2. The summed E-state index contributed by atoms with van der Waals surface area (Å²) in [6, 6.07) is 0. The van der Waals surface area contributed by atoms with Crippen molar-refractivity contribution in [3.8, 4) is 0 Å². The van der Waals surface area contributed by atoms with Crippen molar-refractivity contribution in [3.63, 3.8) is 0 Å². The highest BCUT2D eigenvalue weighted by Crippen LogP contribution is 2.09. The number of amides is 1. The van der Waals surface area contributed by atoms with Crippen LogP contribution in [0.15, 0.2) is 0 Å². The van der Waals surface area contributed by atoms with Crippen LogP contribution in [0.25, 0.3) is 0 Å². The van der Waals surface area contributed by atoms with Crippen molar-refractivity contribution < 1.29 is 18.7 Å². The van der Waals surface area contributed by atoms with E-state index in [9.17, 15) is 13.6 Å². The molecule has 0 atom stereocenters. The fourth-order valence-electron chi connectivity index (χ4n) is 1.07. The molecule has 0 aromatic rings. The van der Waals surface area contributed by atoms with Gasteiger partial charge in [-0.25, -0.2) is 8.78 Å².